The average Bonchev–Trinajstić information content (AvgIpc) is 3.15. The van der Waals surface area contributed by atoms with E-state index in [1.165, 1.54) is 16.7 Å². The quantitative estimate of drug-likeness (QED) is 0.458. The van der Waals surface area contributed by atoms with Crippen LogP contribution in [0.4, 0.5) is 13.2 Å². The van der Waals surface area contributed by atoms with E-state index in [1.807, 2.05) is 13.8 Å². The van der Waals surface area contributed by atoms with Gasteiger partial charge in [-0.15, -0.1) is 10.2 Å². The van der Waals surface area contributed by atoms with Gasteiger partial charge in [0.15, 0.2) is 11.0 Å². The van der Waals surface area contributed by atoms with E-state index in [1.54, 1.807) is 24.3 Å². The molecule has 5 nitrogen and oxygen atoms in total. The highest BCUT2D eigenvalue weighted by Gasteiger charge is 2.31. The number of carbonyl (C=O) groups is 1. The Morgan fingerprint density at radius 2 is 1.94 bits per heavy atom. The first kappa shape index (κ1) is 23.1. The minimum absolute atomic E-state index is 0.0214. The van der Waals surface area contributed by atoms with Crippen molar-refractivity contribution in [1.82, 2.24) is 20.1 Å². The summed E-state index contributed by atoms with van der Waals surface area (Å²) in [6.07, 6.45) is -3.72. The van der Waals surface area contributed by atoms with Gasteiger partial charge in [0, 0.05) is 11.6 Å². The standard InChI is InChI=1S/C21H20ClF3N4OS/c1-3-13(2)26-18(30)12-31-20-28-27-19(16-9-4-5-10-17(16)22)29(20)15-8-6-7-14(11-15)21(23,24)25/h4-11,13H,3,12H2,1-2H3,(H,26,30). The molecular weight excluding hydrogens is 449 g/mol. The van der Waals surface area contributed by atoms with Crippen LogP contribution in [-0.2, 0) is 11.0 Å². The summed E-state index contributed by atoms with van der Waals surface area (Å²) in [5, 5.41) is 11.8. The molecule has 1 unspecified atom stereocenters. The highest BCUT2D eigenvalue weighted by Crippen LogP contribution is 2.35. The third-order valence-electron chi connectivity index (χ3n) is 4.53. The summed E-state index contributed by atoms with van der Waals surface area (Å²) in [7, 11) is 0. The van der Waals surface area contributed by atoms with Crippen LogP contribution in [0.2, 0.25) is 5.02 Å². The number of benzene rings is 2. The molecule has 0 aliphatic heterocycles. The lowest BCUT2D eigenvalue weighted by Crippen LogP contribution is -2.33. The van der Waals surface area contributed by atoms with Crippen LogP contribution in [0, 0.1) is 0 Å². The van der Waals surface area contributed by atoms with E-state index >= 15 is 0 Å². The zero-order valence-corrected chi connectivity index (χ0v) is 18.4. The summed E-state index contributed by atoms with van der Waals surface area (Å²) < 4.78 is 41.3. The maximum absolute atomic E-state index is 13.3. The van der Waals surface area contributed by atoms with E-state index in [4.69, 9.17) is 11.6 Å². The third kappa shape index (κ3) is 5.59. The van der Waals surface area contributed by atoms with Crippen molar-refractivity contribution in [3.05, 3.63) is 59.1 Å². The molecule has 3 aromatic rings. The molecule has 2 aromatic carbocycles. The Morgan fingerprint density at radius 1 is 1.19 bits per heavy atom. The number of alkyl halides is 3. The molecule has 0 fully saturated rings. The van der Waals surface area contributed by atoms with Crippen LogP contribution < -0.4 is 5.32 Å². The lowest BCUT2D eigenvalue weighted by molar-refractivity contribution is -0.137. The molecule has 1 heterocycles. The number of nitrogens with zero attached hydrogens (tertiary/aromatic N) is 3. The van der Waals surface area contributed by atoms with E-state index < -0.39 is 11.7 Å². The lowest BCUT2D eigenvalue weighted by Gasteiger charge is -2.14. The van der Waals surface area contributed by atoms with Gasteiger partial charge in [-0.2, -0.15) is 13.2 Å². The van der Waals surface area contributed by atoms with Crippen molar-refractivity contribution in [2.45, 2.75) is 37.6 Å². The molecule has 1 aromatic heterocycles. The van der Waals surface area contributed by atoms with E-state index in [0.29, 0.717) is 10.6 Å². The number of carbonyl (C=O) groups excluding carboxylic acids is 1. The van der Waals surface area contributed by atoms with Gasteiger partial charge in [0.2, 0.25) is 5.91 Å². The van der Waals surface area contributed by atoms with Crippen molar-refractivity contribution in [3.8, 4) is 17.1 Å². The van der Waals surface area contributed by atoms with Gasteiger partial charge in [0.05, 0.1) is 22.0 Å². The first-order chi connectivity index (χ1) is 14.7. The van der Waals surface area contributed by atoms with Gasteiger partial charge < -0.3 is 5.32 Å². The highest BCUT2D eigenvalue weighted by molar-refractivity contribution is 7.99. The van der Waals surface area contributed by atoms with Crippen molar-refractivity contribution in [2.24, 2.45) is 0 Å². The fourth-order valence-electron chi connectivity index (χ4n) is 2.78. The van der Waals surface area contributed by atoms with E-state index in [0.717, 1.165) is 30.3 Å². The Hall–Kier alpha value is -2.52. The molecule has 0 radical (unpaired) electrons. The van der Waals surface area contributed by atoms with Crippen LogP contribution in [0.15, 0.2) is 53.7 Å². The van der Waals surface area contributed by atoms with Gasteiger partial charge in [-0.3, -0.25) is 9.36 Å². The zero-order chi connectivity index (χ0) is 22.6. The Kier molecular flexibility index (Phi) is 7.27. The molecule has 1 atom stereocenters. The maximum atomic E-state index is 13.3. The second-order valence-electron chi connectivity index (χ2n) is 6.84. The molecule has 1 amide bonds. The van der Waals surface area contributed by atoms with Crippen molar-refractivity contribution in [2.75, 3.05) is 5.75 Å². The molecule has 164 valence electrons. The van der Waals surface area contributed by atoms with Crippen LogP contribution in [0.5, 0.6) is 0 Å². The highest BCUT2D eigenvalue weighted by atomic mass is 35.5. The first-order valence-corrected chi connectivity index (χ1v) is 10.9. The second kappa shape index (κ2) is 9.74. The second-order valence-corrected chi connectivity index (χ2v) is 8.18. The molecule has 31 heavy (non-hydrogen) atoms. The largest absolute Gasteiger partial charge is 0.416 e. The molecule has 1 N–H and O–H groups in total. The smallest absolute Gasteiger partial charge is 0.353 e. The average molecular weight is 469 g/mol. The summed E-state index contributed by atoms with van der Waals surface area (Å²) >= 11 is 7.39. The lowest BCUT2D eigenvalue weighted by atomic mass is 10.1. The van der Waals surface area contributed by atoms with Crippen molar-refractivity contribution in [3.63, 3.8) is 0 Å². The minimum atomic E-state index is -4.50. The van der Waals surface area contributed by atoms with Gasteiger partial charge in [0.25, 0.3) is 0 Å². The van der Waals surface area contributed by atoms with Gasteiger partial charge in [-0.25, -0.2) is 0 Å². The van der Waals surface area contributed by atoms with Gasteiger partial charge in [0.1, 0.15) is 0 Å². The first-order valence-electron chi connectivity index (χ1n) is 9.50. The number of amides is 1. The number of hydrogen-bond donors (Lipinski definition) is 1. The summed E-state index contributed by atoms with van der Waals surface area (Å²) in [4.78, 5) is 12.2. The minimum Gasteiger partial charge on any atom is -0.353 e. The van der Waals surface area contributed by atoms with E-state index in [-0.39, 0.29) is 34.4 Å². The predicted octanol–water partition coefficient (Wildman–Crippen LogP) is 5.61. The van der Waals surface area contributed by atoms with E-state index in [9.17, 15) is 18.0 Å². The Balaban J connectivity index is 2.03. The van der Waals surface area contributed by atoms with Crippen molar-refractivity contribution < 1.29 is 18.0 Å². The van der Waals surface area contributed by atoms with Crippen LogP contribution >= 0.6 is 23.4 Å². The monoisotopic (exact) mass is 468 g/mol. The summed E-state index contributed by atoms with van der Waals surface area (Å²) in [5.74, 6) is 0.135. The van der Waals surface area contributed by atoms with Gasteiger partial charge in [-0.1, -0.05) is 48.5 Å². The molecular formula is C21H20ClF3N4OS. The molecule has 0 saturated heterocycles. The number of nitrogens with one attached hydrogen (secondary N) is 1. The van der Waals surface area contributed by atoms with Crippen molar-refractivity contribution >= 4 is 29.3 Å². The van der Waals surface area contributed by atoms with Gasteiger partial charge in [-0.05, 0) is 43.7 Å². The van der Waals surface area contributed by atoms with Crippen LogP contribution in [0.1, 0.15) is 25.8 Å². The van der Waals surface area contributed by atoms with Crippen LogP contribution in [0.25, 0.3) is 17.1 Å². The molecule has 0 saturated carbocycles. The number of rotatable bonds is 7. The zero-order valence-electron chi connectivity index (χ0n) is 16.8. The van der Waals surface area contributed by atoms with Crippen LogP contribution in [0.3, 0.4) is 0 Å². The molecule has 0 aliphatic rings. The Morgan fingerprint density at radius 3 is 2.61 bits per heavy atom. The van der Waals surface area contributed by atoms with Crippen LogP contribution in [-0.4, -0.2) is 32.5 Å². The molecule has 0 spiro atoms. The Bertz CT molecular complexity index is 1070. The molecule has 0 aliphatic carbocycles. The number of aromatic nitrogens is 3. The topological polar surface area (TPSA) is 59.8 Å². The number of halogens is 4. The summed E-state index contributed by atoms with van der Waals surface area (Å²) in [5.41, 5.74) is -0.0566. The van der Waals surface area contributed by atoms with Gasteiger partial charge >= 0.3 is 6.18 Å². The van der Waals surface area contributed by atoms with E-state index in [2.05, 4.69) is 15.5 Å². The summed E-state index contributed by atoms with van der Waals surface area (Å²) in [6.45, 7) is 3.85. The molecule has 10 heteroatoms. The Labute approximate surface area is 187 Å². The third-order valence-corrected chi connectivity index (χ3v) is 5.79. The summed E-state index contributed by atoms with van der Waals surface area (Å²) in [6, 6.07) is 11.7. The van der Waals surface area contributed by atoms with Crippen molar-refractivity contribution in [1.29, 1.82) is 0 Å². The molecule has 3 rings (SSSR count). The fraction of sp³-hybridized carbons (Fsp3) is 0.286. The fourth-order valence-corrected chi connectivity index (χ4v) is 3.77. The molecule has 0 bridgehead atoms. The normalized spacial score (nSPS) is 12.6. The SMILES string of the molecule is CCC(C)NC(=O)CSc1nnc(-c2ccccc2Cl)n1-c1cccc(C(F)(F)F)c1. The number of hydrogen-bond acceptors (Lipinski definition) is 4. The number of thioether (sulfide) groups is 1. The predicted molar refractivity (Wildman–Crippen MR) is 115 cm³/mol. The maximum Gasteiger partial charge on any atom is 0.416 e.